The third-order valence-corrected chi connectivity index (χ3v) is 4.66. The number of aromatic nitrogens is 1. The third kappa shape index (κ3) is 2.34. The van der Waals surface area contributed by atoms with Crippen molar-refractivity contribution in [2.45, 2.75) is 4.90 Å². The van der Waals surface area contributed by atoms with Crippen molar-refractivity contribution in [1.29, 1.82) is 0 Å². The van der Waals surface area contributed by atoms with E-state index in [9.17, 15) is 8.42 Å². The van der Waals surface area contributed by atoms with Gasteiger partial charge >= 0.3 is 0 Å². The SMILES string of the molecule is C=CCNc1snc(N)c1S(=O)(=O)N(C)C. The van der Waals surface area contributed by atoms with E-state index < -0.39 is 10.0 Å². The van der Waals surface area contributed by atoms with Crippen LogP contribution in [0.3, 0.4) is 0 Å². The van der Waals surface area contributed by atoms with Gasteiger partial charge in [0.15, 0.2) is 10.7 Å². The lowest BCUT2D eigenvalue weighted by atomic mass is 10.5. The van der Waals surface area contributed by atoms with Crippen LogP contribution in [0.5, 0.6) is 0 Å². The molecule has 0 aromatic carbocycles. The van der Waals surface area contributed by atoms with Gasteiger partial charge in [-0.05, 0) is 11.5 Å². The van der Waals surface area contributed by atoms with Crippen molar-refractivity contribution >= 4 is 32.4 Å². The normalized spacial score (nSPS) is 11.7. The van der Waals surface area contributed by atoms with E-state index in [2.05, 4.69) is 16.3 Å². The first-order chi connectivity index (χ1) is 7.41. The van der Waals surface area contributed by atoms with Gasteiger partial charge in [-0.25, -0.2) is 12.7 Å². The molecule has 1 heterocycles. The highest BCUT2D eigenvalue weighted by Gasteiger charge is 2.27. The molecule has 0 atom stereocenters. The van der Waals surface area contributed by atoms with Crippen LogP contribution in [0.15, 0.2) is 17.6 Å². The number of hydrogen-bond donors (Lipinski definition) is 2. The van der Waals surface area contributed by atoms with E-state index in [1.54, 1.807) is 6.08 Å². The summed E-state index contributed by atoms with van der Waals surface area (Å²) >= 11 is 1.02. The summed E-state index contributed by atoms with van der Waals surface area (Å²) in [6.07, 6.45) is 1.63. The second-order valence-corrected chi connectivity index (χ2v) is 6.05. The first-order valence-corrected chi connectivity index (χ1v) is 6.65. The van der Waals surface area contributed by atoms with Gasteiger partial charge in [0.05, 0.1) is 0 Å². The molecule has 1 aromatic rings. The van der Waals surface area contributed by atoms with Gasteiger partial charge in [-0.2, -0.15) is 4.37 Å². The highest BCUT2D eigenvalue weighted by molar-refractivity contribution is 7.89. The molecule has 90 valence electrons. The quantitative estimate of drug-likeness (QED) is 0.758. The van der Waals surface area contributed by atoms with Gasteiger partial charge in [-0.15, -0.1) is 6.58 Å². The van der Waals surface area contributed by atoms with Gasteiger partial charge in [0.2, 0.25) is 10.0 Å². The number of rotatable bonds is 5. The average molecular weight is 262 g/mol. The molecule has 0 amide bonds. The Bertz CT molecular complexity index is 478. The number of hydrogen-bond acceptors (Lipinski definition) is 6. The Balaban J connectivity index is 3.21. The minimum absolute atomic E-state index is 0.0188. The molecule has 0 bridgehead atoms. The molecule has 0 fully saturated rings. The maximum atomic E-state index is 11.9. The summed E-state index contributed by atoms with van der Waals surface area (Å²) in [5, 5.41) is 3.33. The van der Waals surface area contributed by atoms with E-state index in [1.807, 2.05) is 0 Å². The van der Waals surface area contributed by atoms with Gasteiger partial charge in [-0.3, -0.25) is 0 Å². The lowest BCUT2D eigenvalue weighted by Gasteiger charge is -2.12. The van der Waals surface area contributed by atoms with E-state index in [1.165, 1.54) is 14.1 Å². The molecule has 1 rings (SSSR count). The zero-order valence-corrected chi connectivity index (χ0v) is 10.7. The van der Waals surface area contributed by atoms with Crippen molar-refractivity contribution < 1.29 is 8.42 Å². The minimum atomic E-state index is -3.57. The summed E-state index contributed by atoms with van der Waals surface area (Å²) in [5.74, 6) is 0.0188. The molecule has 6 nitrogen and oxygen atoms in total. The lowest BCUT2D eigenvalue weighted by Crippen LogP contribution is -2.23. The Morgan fingerprint density at radius 3 is 2.75 bits per heavy atom. The number of nitrogens with zero attached hydrogens (tertiary/aromatic N) is 2. The number of sulfonamides is 1. The molecule has 0 radical (unpaired) electrons. The van der Waals surface area contributed by atoms with Gasteiger partial charge in [0.25, 0.3) is 0 Å². The molecule has 0 saturated heterocycles. The zero-order valence-electron chi connectivity index (χ0n) is 9.10. The van der Waals surface area contributed by atoms with Crippen LogP contribution >= 0.6 is 11.5 Å². The Labute approximate surface area is 99.0 Å². The fraction of sp³-hybridized carbons (Fsp3) is 0.375. The highest BCUT2D eigenvalue weighted by atomic mass is 32.2. The number of nitrogen functional groups attached to an aromatic ring is 1. The summed E-state index contributed by atoms with van der Waals surface area (Å²) < 4.78 is 28.8. The molecule has 0 spiro atoms. The fourth-order valence-corrected chi connectivity index (χ4v) is 3.09. The van der Waals surface area contributed by atoms with Crippen molar-refractivity contribution in [3.63, 3.8) is 0 Å². The summed E-state index contributed by atoms with van der Waals surface area (Å²) in [6.45, 7) is 4.00. The smallest absolute Gasteiger partial charge is 0.249 e. The maximum absolute atomic E-state index is 11.9. The first-order valence-electron chi connectivity index (χ1n) is 4.43. The first kappa shape index (κ1) is 12.9. The molecule has 0 unspecified atom stereocenters. The van der Waals surface area contributed by atoms with Crippen LogP contribution in [0, 0.1) is 0 Å². The maximum Gasteiger partial charge on any atom is 0.249 e. The molecule has 8 heteroatoms. The second kappa shape index (κ2) is 4.81. The van der Waals surface area contributed by atoms with Crippen LogP contribution in [0.25, 0.3) is 0 Å². The van der Waals surface area contributed by atoms with Gasteiger partial charge in [0.1, 0.15) is 5.00 Å². The van der Waals surface area contributed by atoms with Crippen molar-refractivity contribution in [2.75, 3.05) is 31.7 Å². The van der Waals surface area contributed by atoms with Crippen LogP contribution in [0.1, 0.15) is 0 Å². The van der Waals surface area contributed by atoms with Gasteiger partial charge < -0.3 is 11.1 Å². The Kier molecular flexibility index (Phi) is 3.89. The molecule has 3 N–H and O–H groups in total. The van der Waals surface area contributed by atoms with E-state index in [4.69, 9.17) is 5.73 Å². The molecule has 0 aliphatic heterocycles. The zero-order chi connectivity index (χ0) is 12.3. The Morgan fingerprint density at radius 2 is 2.25 bits per heavy atom. The largest absolute Gasteiger partial charge is 0.382 e. The van der Waals surface area contributed by atoms with E-state index in [0.29, 0.717) is 11.5 Å². The molecular formula is C8H14N4O2S2. The molecule has 0 aliphatic rings. The van der Waals surface area contributed by atoms with Crippen LogP contribution in [-0.4, -0.2) is 37.7 Å². The molecule has 0 saturated carbocycles. The Hall–Kier alpha value is -1.12. The van der Waals surface area contributed by atoms with Crippen molar-refractivity contribution in [1.82, 2.24) is 8.68 Å². The topological polar surface area (TPSA) is 88.3 Å². The monoisotopic (exact) mass is 262 g/mol. The van der Waals surface area contributed by atoms with E-state index in [0.717, 1.165) is 15.8 Å². The number of nitrogens with two attached hydrogens (primary N) is 1. The Morgan fingerprint density at radius 1 is 1.62 bits per heavy atom. The standard InChI is InChI=1S/C8H14N4O2S2/c1-4-5-10-8-6(7(9)11-15-8)16(13,14)12(2)3/h4,10H,1,5H2,2-3H3,(H2,9,11). The summed E-state index contributed by atoms with van der Waals surface area (Å²) in [6, 6.07) is 0. The second-order valence-electron chi connectivity index (χ2n) is 3.18. The van der Waals surface area contributed by atoms with Crippen LogP contribution < -0.4 is 11.1 Å². The summed E-state index contributed by atoms with van der Waals surface area (Å²) in [7, 11) is -0.670. The highest BCUT2D eigenvalue weighted by Crippen LogP contribution is 2.32. The van der Waals surface area contributed by atoms with Gasteiger partial charge in [0, 0.05) is 20.6 Å². The van der Waals surface area contributed by atoms with Gasteiger partial charge in [-0.1, -0.05) is 6.08 Å². The van der Waals surface area contributed by atoms with E-state index in [-0.39, 0.29) is 10.7 Å². The van der Waals surface area contributed by atoms with Crippen molar-refractivity contribution in [2.24, 2.45) is 0 Å². The predicted molar refractivity (Wildman–Crippen MR) is 66.1 cm³/mol. The average Bonchev–Trinajstić information content (AvgIpc) is 2.56. The van der Waals surface area contributed by atoms with Crippen LogP contribution in [0.4, 0.5) is 10.8 Å². The minimum Gasteiger partial charge on any atom is -0.382 e. The summed E-state index contributed by atoms with van der Waals surface area (Å²) in [5.41, 5.74) is 5.56. The molecular weight excluding hydrogens is 248 g/mol. The number of nitrogens with one attached hydrogen (secondary N) is 1. The third-order valence-electron chi connectivity index (χ3n) is 1.82. The van der Waals surface area contributed by atoms with Crippen molar-refractivity contribution in [3.05, 3.63) is 12.7 Å². The summed E-state index contributed by atoms with van der Waals surface area (Å²) in [4.78, 5) is 0.0318. The predicted octanol–water partition coefficient (Wildman–Crippen LogP) is 0.574. The lowest BCUT2D eigenvalue weighted by molar-refractivity contribution is 0.521. The number of anilines is 2. The van der Waals surface area contributed by atoms with Crippen LogP contribution in [0.2, 0.25) is 0 Å². The molecule has 1 aromatic heterocycles. The molecule has 0 aliphatic carbocycles. The van der Waals surface area contributed by atoms with Crippen LogP contribution in [-0.2, 0) is 10.0 Å². The fourth-order valence-electron chi connectivity index (χ4n) is 1.00. The van der Waals surface area contributed by atoms with E-state index >= 15 is 0 Å². The van der Waals surface area contributed by atoms with Crippen molar-refractivity contribution in [3.8, 4) is 0 Å². The molecule has 16 heavy (non-hydrogen) atoms.